The molecule has 0 radical (unpaired) electrons. The summed E-state index contributed by atoms with van der Waals surface area (Å²) in [6.45, 7) is 2.76. The molecule has 1 amide bonds. The fourth-order valence-corrected chi connectivity index (χ4v) is 1.47. The molecule has 0 bridgehead atoms. The van der Waals surface area contributed by atoms with Gasteiger partial charge >= 0.3 is 0 Å². The number of aromatic nitrogens is 2. The molecule has 90 valence electrons. The third-order valence-corrected chi connectivity index (χ3v) is 2.43. The van der Waals surface area contributed by atoms with Crippen molar-refractivity contribution in [1.29, 1.82) is 0 Å². The summed E-state index contributed by atoms with van der Waals surface area (Å²) in [4.78, 5) is 11.7. The van der Waals surface area contributed by atoms with E-state index in [9.17, 15) is 4.79 Å². The molecular weight excluding hydrogens is 218 g/mol. The summed E-state index contributed by atoms with van der Waals surface area (Å²) >= 11 is 0. The zero-order chi connectivity index (χ0) is 12.1. The average molecular weight is 233 g/mol. The van der Waals surface area contributed by atoms with Gasteiger partial charge in [-0.25, -0.2) is 0 Å². The van der Waals surface area contributed by atoms with Crippen LogP contribution < -0.4 is 5.32 Å². The maximum atomic E-state index is 11.7. The summed E-state index contributed by atoms with van der Waals surface area (Å²) < 4.78 is 5.45. The van der Waals surface area contributed by atoms with Gasteiger partial charge in [-0.15, -0.1) is 0 Å². The van der Waals surface area contributed by atoms with Gasteiger partial charge in [0, 0.05) is 12.7 Å². The number of hydrogen-bond acceptors (Lipinski definition) is 3. The first-order valence-electron chi connectivity index (χ1n) is 5.68. The Labute approximate surface area is 99.2 Å². The van der Waals surface area contributed by atoms with E-state index in [1.165, 1.54) is 0 Å². The minimum atomic E-state index is -0.173. The van der Waals surface area contributed by atoms with Gasteiger partial charge in [0.25, 0.3) is 5.91 Å². The van der Waals surface area contributed by atoms with Gasteiger partial charge in [-0.1, -0.05) is 13.3 Å². The summed E-state index contributed by atoms with van der Waals surface area (Å²) in [5.74, 6) is 0.796. The van der Waals surface area contributed by atoms with E-state index in [2.05, 4.69) is 22.4 Å². The molecule has 0 saturated carbocycles. The number of nitrogens with zero attached hydrogens (tertiary/aromatic N) is 1. The molecule has 0 fully saturated rings. The standard InChI is InChI=1S/C12H15N3O2/c1-2-3-6-13-12(16)11-5-4-10(17-11)9-7-14-15-8-9/h4-5,7-8H,2-3,6H2,1H3,(H,13,16)(H,14,15). The maximum Gasteiger partial charge on any atom is 0.287 e. The highest BCUT2D eigenvalue weighted by molar-refractivity contribution is 5.92. The SMILES string of the molecule is CCCCNC(=O)c1ccc(-c2cn[nH]c2)o1. The summed E-state index contributed by atoms with van der Waals surface area (Å²) in [5.41, 5.74) is 0.831. The van der Waals surface area contributed by atoms with Crippen molar-refractivity contribution < 1.29 is 9.21 Å². The highest BCUT2D eigenvalue weighted by Gasteiger charge is 2.11. The Morgan fingerprint density at radius 1 is 1.53 bits per heavy atom. The van der Waals surface area contributed by atoms with Crippen molar-refractivity contribution in [3.63, 3.8) is 0 Å². The topological polar surface area (TPSA) is 70.9 Å². The lowest BCUT2D eigenvalue weighted by molar-refractivity contribution is 0.0926. The number of hydrogen-bond donors (Lipinski definition) is 2. The second-order valence-electron chi connectivity index (χ2n) is 3.76. The first-order chi connectivity index (χ1) is 8.31. The summed E-state index contributed by atoms with van der Waals surface area (Å²) in [6, 6.07) is 3.43. The van der Waals surface area contributed by atoms with E-state index in [4.69, 9.17) is 4.42 Å². The number of nitrogens with one attached hydrogen (secondary N) is 2. The minimum absolute atomic E-state index is 0.173. The lowest BCUT2D eigenvalue weighted by Gasteiger charge is -2.00. The predicted molar refractivity (Wildman–Crippen MR) is 63.5 cm³/mol. The van der Waals surface area contributed by atoms with E-state index in [0.29, 0.717) is 18.1 Å². The molecule has 0 aliphatic rings. The van der Waals surface area contributed by atoms with E-state index in [1.54, 1.807) is 24.5 Å². The van der Waals surface area contributed by atoms with Crippen LogP contribution in [0, 0.1) is 0 Å². The molecule has 2 N–H and O–H groups in total. The molecule has 0 spiro atoms. The van der Waals surface area contributed by atoms with E-state index >= 15 is 0 Å². The van der Waals surface area contributed by atoms with Crippen LogP contribution in [-0.2, 0) is 0 Å². The Kier molecular flexibility index (Phi) is 3.59. The Hall–Kier alpha value is -2.04. The van der Waals surface area contributed by atoms with Gasteiger partial charge in [0.1, 0.15) is 5.76 Å². The summed E-state index contributed by atoms with van der Waals surface area (Å²) in [5, 5.41) is 9.33. The van der Waals surface area contributed by atoms with Gasteiger partial charge in [-0.05, 0) is 18.6 Å². The van der Waals surface area contributed by atoms with Crippen molar-refractivity contribution in [3.05, 3.63) is 30.3 Å². The Balaban J connectivity index is 2.01. The molecule has 0 aliphatic heterocycles. The first-order valence-corrected chi connectivity index (χ1v) is 5.68. The van der Waals surface area contributed by atoms with Crippen LogP contribution in [0.25, 0.3) is 11.3 Å². The molecule has 0 saturated heterocycles. The lowest BCUT2D eigenvalue weighted by Crippen LogP contribution is -2.23. The van der Waals surface area contributed by atoms with E-state index in [1.807, 2.05) is 0 Å². The minimum Gasteiger partial charge on any atom is -0.451 e. The fourth-order valence-electron chi connectivity index (χ4n) is 1.47. The summed E-state index contributed by atoms with van der Waals surface area (Å²) in [6.07, 6.45) is 5.40. The van der Waals surface area contributed by atoms with E-state index in [0.717, 1.165) is 18.4 Å². The van der Waals surface area contributed by atoms with Crippen LogP contribution in [-0.4, -0.2) is 22.6 Å². The highest BCUT2D eigenvalue weighted by Crippen LogP contribution is 2.20. The molecule has 17 heavy (non-hydrogen) atoms. The van der Waals surface area contributed by atoms with Gasteiger partial charge in [-0.3, -0.25) is 9.89 Å². The van der Waals surface area contributed by atoms with E-state index in [-0.39, 0.29) is 5.91 Å². The smallest absolute Gasteiger partial charge is 0.287 e. The van der Waals surface area contributed by atoms with Crippen LogP contribution in [0.3, 0.4) is 0 Å². The summed E-state index contributed by atoms with van der Waals surface area (Å²) in [7, 11) is 0. The zero-order valence-electron chi connectivity index (χ0n) is 9.69. The van der Waals surface area contributed by atoms with Crippen molar-refractivity contribution in [2.75, 3.05) is 6.54 Å². The molecule has 0 atom stereocenters. The molecule has 5 nitrogen and oxygen atoms in total. The van der Waals surface area contributed by atoms with Gasteiger partial charge < -0.3 is 9.73 Å². The van der Waals surface area contributed by atoms with Crippen molar-refractivity contribution in [2.24, 2.45) is 0 Å². The maximum absolute atomic E-state index is 11.7. The number of furan rings is 1. The number of carbonyl (C=O) groups is 1. The van der Waals surface area contributed by atoms with Crippen LogP contribution in [0.4, 0.5) is 0 Å². The molecule has 2 heterocycles. The van der Waals surface area contributed by atoms with Gasteiger partial charge in [0.2, 0.25) is 0 Å². The number of amides is 1. The number of unbranched alkanes of at least 4 members (excludes halogenated alkanes) is 1. The monoisotopic (exact) mass is 233 g/mol. The quantitative estimate of drug-likeness (QED) is 0.778. The predicted octanol–water partition coefficient (Wildman–Crippen LogP) is 2.20. The molecule has 5 heteroatoms. The Morgan fingerprint density at radius 3 is 3.12 bits per heavy atom. The molecule has 2 aromatic rings. The highest BCUT2D eigenvalue weighted by atomic mass is 16.3. The van der Waals surface area contributed by atoms with Crippen LogP contribution >= 0.6 is 0 Å². The molecule has 0 aliphatic carbocycles. The lowest BCUT2D eigenvalue weighted by atomic mass is 10.3. The van der Waals surface area contributed by atoms with Crippen molar-refractivity contribution in [1.82, 2.24) is 15.5 Å². The zero-order valence-corrected chi connectivity index (χ0v) is 9.69. The number of aromatic amines is 1. The van der Waals surface area contributed by atoms with Gasteiger partial charge in [0.15, 0.2) is 5.76 Å². The molecular formula is C12H15N3O2. The number of rotatable bonds is 5. The van der Waals surface area contributed by atoms with Gasteiger partial charge in [-0.2, -0.15) is 5.10 Å². The average Bonchev–Trinajstić information content (AvgIpc) is 3.00. The van der Waals surface area contributed by atoms with Crippen molar-refractivity contribution >= 4 is 5.91 Å². The molecule has 0 unspecified atom stereocenters. The van der Waals surface area contributed by atoms with Crippen LogP contribution in [0.2, 0.25) is 0 Å². The number of H-pyrrole nitrogens is 1. The Bertz CT molecular complexity index is 474. The molecule has 0 aromatic carbocycles. The third-order valence-electron chi connectivity index (χ3n) is 2.43. The second kappa shape index (κ2) is 5.34. The van der Waals surface area contributed by atoms with Crippen LogP contribution in [0.5, 0.6) is 0 Å². The Morgan fingerprint density at radius 2 is 2.41 bits per heavy atom. The normalized spacial score (nSPS) is 10.4. The second-order valence-corrected chi connectivity index (χ2v) is 3.76. The largest absolute Gasteiger partial charge is 0.451 e. The third kappa shape index (κ3) is 2.75. The van der Waals surface area contributed by atoms with Crippen molar-refractivity contribution in [3.8, 4) is 11.3 Å². The van der Waals surface area contributed by atoms with Crippen LogP contribution in [0.15, 0.2) is 28.9 Å². The number of carbonyl (C=O) groups excluding carboxylic acids is 1. The van der Waals surface area contributed by atoms with Crippen molar-refractivity contribution in [2.45, 2.75) is 19.8 Å². The fraction of sp³-hybridized carbons (Fsp3) is 0.333. The first kappa shape index (κ1) is 11.4. The van der Waals surface area contributed by atoms with E-state index < -0.39 is 0 Å². The van der Waals surface area contributed by atoms with Gasteiger partial charge in [0.05, 0.1) is 11.8 Å². The molecule has 2 rings (SSSR count). The molecule has 2 aromatic heterocycles. The van der Waals surface area contributed by atoms with Crippen LogP contribution in [0.1, 0.15) is 30.3 Å².